The van der Waals surface area contributed by atoms with Crippen LogP contribution in [-0.2, 0) is 0 Å². The lowest BCUT2D eigenvalue weighted by Crippen LogP contribution is -1.98. The van der Waals surface area contributed by atoms with Gasteiger partial charge < -0.3 is 20.4 Å². The molecule has 6 heteroatoms. The summed E-state index contributed by atoms with van der Waals surface area (Å²) in [4.78, 5) is 24.6. The first-order valence-electron chi connectivity index (χ1n) is 8.92. The maximum atomic E-state index is 12.3. The molecule has 0 aliphatic heterocycles. The summed E-state index contributed by atoms with van der Waals surface area (Å²) in [5.41, 5.74) is 1.49. The van der Waals surface area contributed by atoms with Crippen molar-refractivity contribution in [1.82, 2.24) is 0 Å². The van der Waals surface area contributed by atoms with Crippen molar-refractivity contribution >= 4 is 23.7 Å². The van der Waals surface area contributed by atoms with Crippen LogP contribution in [0.15, 0.2) is 72.8 Å². The number of allylic oxidation sites excluding steroid dienone is 2. The van der Waals surface area contributed by atoms with Crippen molar-refractivity contribution in [1.29, 1.82) is 0 Å². The summed E-state index contributed by atoms with van der Waals surface area (Å²) < 4.78 is 0. The maximum Gasteiger partial charge on any atom is 0.185 e. The summed E-state index contributed by atoms with van der Waals surface area (Å²) in [5.74, 6) is -1.08. The molecule has 0 saturated carbocycles. The molecule has 3 aromatic carbocycles. The van der Waals surface area contributed by atoms with Crippen LogP contribution in [0.5, 0.6) is 23.0 Å². The number of carbonyl (C=O) groups excluding carboxylic acids is 2. The number of rotatable bonds is 6. The van der Waals surface area contributed by atoms with E-state index < -0.39 is 0 Å². The minimum atomic E-state index is -0.314. The Morgan fingerprint density at radius 2 is 0.933 bits per heavy atom. The molecule has 0 unspecified atom stereocenters. The highest BCUT2D eigenvalue weighted by atomic mass is 16.3. The summed E-state index contributed by atoms with van der Waals surface area (Å²) in [6, 6.07) is 14.2. The highest BCUT2D eigenvalue weighted by Gasteiger charge is 2.07. The first-order chi connectivity index (χ1) is 14.3. The topological polar surface area (TPSA) is 115 Å². The molecule has 0 aliphatic carbocycles. The Balaban J connectivity index is 1.69. The van der Waals surface area contributed by atoms with Crippen molar-refractivity contribution in [2.75, 3.05) is 0 Å². The molecule has 4 N–H and O–H groups in total. The van der Waals surface area contributed by atoms with Crippen molar-refractivity contribution in [2.45, 2.75) is 0 Å². The predicted octanol–water partition coefficient (Wildman–Crippen LogP) is 4.30. The second-order valence-corrected chi connectivity index (χ2v) is 6.46. The van der Waals surface area contributed by atoms with E-state index in [9.17, 15) is 30.0 Å². The lowest BCUT2D eigenvalue weighted by molar-refractivity contribution is 0.103. The van der Waals surface area contributed by atoms with Gasteiger partial charge in [0.2, 0.25) is 0 Å². The van der Waals surface area contributed by atoms with Gasteiger partial charge >= 0.3 is 0 Å². The minimum absolute atomic E-state index is 0.0779. The van der Waals surface area contributed by atoms with Gasteiger partial charge in [0.1, 0.15) is 23.0 Å². The predicted molar refractivity (Wildman–Crippen MR) is 113 cm³/mol. The van der Waals surface area contributed by atoms with Crippen LogP contribution < -0.4 is 0 Å². The van der Waals surface area contributed by atoms with Gasteiger partial charge in [0.25, 0.3) is 0 Å². The van der Waals surface area contributed by atoms with Gasteiger partial charge in [0.05, 0.1) is 0 Å². The van der Waals surface area contributed by atoms with Gasteiger partial charge in [-0.15, -0.1) is 0 Å². The van der Waals surface area contributed by atoms with Crippen molar-refractivity contribution in [2.24, 2.45) is 0 Å². The second kappa shape index (κ2) is 8.79. The van der Waals surface area contributed by atoms with Crippen molar-refractivity contribution < 1.29 is 30.0 Å². The molecular formula is C24H18O6. The molecule has 0 bridgehead atoms. The number of hydrogen-bond acceptors (Lipinski definition) is 6. The van der Waals surface area contributed by atoms with Gasteiger partial charge in [-0.25, -0.2) is 0 Å². The summed E-state index contributed by atoms with van der Waals surface area (Å²) in [5, 5.41) is 38.1. The Bertz CT molecular complexity index is 1060. The molecule has 0 spiro atoms. The number of aromatic hydroxyl groups is 4. The van der Waals surface area contributed by atoms with Gasteiger partial charge in [0, 0.05) is 34.4 Å². The first kappa shape index (κ1) is 20.4. The molecule has 6 nitrogen and oxygen atoms in total. The van der Waals surface area contributed by atoms with E-state index >= 15 is 0 Å². The Labute approximate surface area is 172 Å². The van der Waals surface area contributed by atoms with Crippen molar-refractivity contribution in [3.05, 3.63) is 95.1 Å². The molecule has 0 aliphatic rings. The van der Waals surface area contributed by atoms with E-state index in [1.807, 2.05) is 0 Å². The fourth-order valence-corrected chi connectivity index (χ4v) is 2.67. The Morgan fingerprint density at radius 3 is 1.27 bits per heavy atom. The lowest BCUT2D eigenvalue weighted by atomic mass is 10.0. The number of carbonyl (C=O) groups is 2. The molecule has 3 aromatic rings. The average molecular weight is 402 g/mol. The first-order valence-corrected chi connectivity index (χ1v) is 8.92. The summed E-state index contributed by atoms with van der Waals surface area (Å²) in [7, 11) is 0. The maximum absolute atomic E-state index is 12.3. The standard InChI is InChI=1S/C24H18O6/c25-19-9-5-17(23(29)13-19)7-11-21(27)15-1-2-16(4-3-15)22(28)12-8-18-6-10-20(26)14-24(18)30/h1-14,25-26,29-30H/b11-7+,12-8+. The third kappa shape index (κ3) is 4.94. The van der Waals surface area contributed by atoms with Crippen LogP contribution in [-0.4, -0.2) is 32.0 Å². The number of hydrogen-bond donors (Lipinski definition) is 4. The van der Waals surface area contributed by atoms with Crippen LogP contribution in [0.2, 0.25) is 0 Å². The molecule has 0 fully saturated rings. The van der Waals surface area contributed by atoms with Crippen LogP contribution in [0.1, 0.15) is 31.8 Å². The van der Waals surface area contributed by atoms with Crippen LogP contribution in [0.25, 0.3) is 12.2 Å². The number of phenolic OH excluding ortho intramolecular Hbond substituents is 4. The van der Waals surface area contributed by atoms with Crippen LogP contribution in [0.3, 0.4) is 0 Å². The Kier molecular flexibility index (Phi) is 5.98. The summed E-state index contributed by atoms with van der Waals surface area (Å²) in [6.07, 6.45) is 5.44. The SMILES string of the molecule is O=C(/C=C/c1ccc(O)cc1O)c1ccc(C(=O)/C=C/c2ccc(O)cc2O)cc1. The smallest absolute Gasteiger partial charge is 0.185 e. The highest BCUT2D eigenvalue weighted by molar-refractivity contribution is 6.09. The van der Waals surface area contributed by atoms with Gasteiger partial charge in [-0.1, -0.05) is 24.3 Å². The van der Waals surface area contributed by atoms with Crippen molar-refractivity contribution in [3.8, 4) is 23.0 Å². The van der Waals surface area contributed by atoms with E-state index in [0.29, 0.717) is 22.3 Å². The second-order valence-electron chi connectivity index (χ2n) is 6.46. The molecule has 0 atom stereocenters. The minimum Gasteiger partial charge on any atom is -0.508 e. The van der Waals surface area contributed by atoms with E-state index in [1.54, 1.807) is 0 Å². The fourth-order valence-electron chi connectivity index (χ4n) is 2.67. The van der Waals surface area contributed by atoms with Crippen molar-refractivity contribution in [3.63, 3.8) is 0 Å². The highest BCUT2D eigenvalue weighted by Crippen LogP contribution is 2.25. The lowest BCUT2D eigenvalue weighted by Gasteiger charge is -2.01. The largest absolute Gasteiger partial charge is 0.508 e. The van der Waals surface area contributed by atoms with E-state index in [0.717, 1.165) is 0 Å². The van der Waals surface area contributed by atoms with E-state index in [-0.39, 0.29) is 34.6 Å². The number of ketones is 2. The van der Waals surface area contributed by atoms with E-state index in [2.05, 4.69) is 0 Å². The average Bonchev–Trinajstić information content (AvgIpc) is 2.72. The van der Waals surface area contributed by atoms with Gasteiger partial charge in [-0.2, -0.15) is 0 Å². The summed E-state index contributed by atoms with van der Waals surface area (Å²) >= 11 is 0. The third-order valence-corrected chi connectivity index (χ3v) is 4.31. The van der Waals surface area contributed by atoms with Crippen LogP contribution >= 0.6 is 0 Å². The zero-order chi connectivity index (χ0) is 21.7. The quantitative estimate of drug-likeness (QED) is 0.361. The number of benzene rings is 3. The zero-order valence-corrected chi connectivity index (χ0v) is 15.7. The zero-order valence-electron chi connectivity index (χ0n) is 15.7. The Hall–Kier alpha value is -4.32. The normalized spacial score (nSPS) is 11.2. The van der Waals surface area contributed by atoms with Crippen LogP contribution in [0.4, 0.5) is 0 Å². The molecule has 0 saturated heterocycles. The van der Waals surface area contributed by atoms with E-state index in [1.165, 1.54) is 85.0 Å². The third-order valence-electron chi connectivity index (χ3n) is 4.31. The van der Waals surface area contributed by atoms with Gasteiger partial charge in [-0.05, 0) is 48.6 Å². The van der Waals surface area contributed by atoms with E-state index in [4.69, 9.17) is 0 Å². The van der Waals surface area contributed by atoms with Crippen LogP contribution in [0, 0.1) is 0 Å². The molecule has 0 radical (unpaired) electrons. The molecular weight excluding hydrogens is 384 g/mol. The molecule has 3 rings (SSSR count). The molecule has 30 heavy (non-hydrogen) atoms. The molecule has 0 amide bonds. The van der Waals surface area contributed by atoms with Gasteiger partial charge in [-0.3, -0.25) is 9.59 Å². The van der Waals surface area contributed by atoms with Gasteiger partial charge in [0.15, 0.2) is 11.6 Å². The molecule has 150 valence electrons. The molecule has 0 aromatic heterocycles. The molecule has 0 heterocycles. The monoisotopic (exact) mass is 402 g/mol. The fraction of sp³-hybridized carbons (Fsp3) is 0. The Morgan fingerprint density at radius 1 is 0.567 bits per heavy atom. The number of phenols is 4. The summed E-state index contributed by atoms with van der Waals surface area (Å²) in [6.45, 7) is 0.